The van der Waals surface area contributed by atoms with Crippen LogP contribution in [0.25, 0.3) is 0 Å². The van der Waals surface area contributed by atoms with Crippen molar-refractivity contribution in [1.29, 1.82) is 0 Å². The van der Waals surface area contributed by atoms with E-state index in [2.05, 4.69) is 10.3 Å². The maximum atomic E-state index is 6.07. The molecule has 2 bridgehead atoms. The summed E-state index contributed by atoms with van der Waals surface area (Å²) in [5.74, 6) is 0.585. The van der Waals surface area contributed by atoms with Gasteiger partial charge in [-0.05, 0) is 25.3 Å². The molecule has 2 fully saturated rings. The molecule has 2 aliphatic heterocycles. The van der Waals surface area contributed by atoms with E-state index in [4.69, 9.17) is 39.5 Å². The highest BCUT2D eigenvalue weighted by Gasteiger charge is 2.41. The van der Waals surface area contributed by atoms with Crippen LogP contribution in [0.15, 0.2) is 6.07 Å². The molecular formula is C11H11Cl3N2O. The Morgan fingerprint density at radius 3 is 2.71 bits per heavy atom. The summed E-state index contributed by atoms with van der Waals surface area (Å²) in [6.07, 6.45) is 3.92. The van der Waals surface area contributed by atoms with Crippen LogP contribution in [0.4, 0.5) is 5.82 Å². The van der Waals surface area contributed by atoms with E-state index in [9.17, 15) is 0 Å². The smallest absolute Gasteiger partial charge is 0.150 e. The van der Waals surface area contributed by atoms with Crippen molar-refractivity contribution in [3.8, 4) is 0 Å². The summed E-state index contributed by atoms with van der Waals surface area (Å²) in [5.41, 5.74) is 0. The van der Waals surface area contributed by atoms with Crippen molar-refractivity contribution in [2.75, 3.05) is 5.32 Å². The quantitative estimate of drug-likeness (QED) is 0.843. The van der Waals surface area contributed by atoms with Gasteiger partial charge in [0.05, 0.1) is 28.3 Å². The number of rotatable bonds is 2. The van der Waals surface area contributed by atoms with Gasteiger partial charge in [-0.2, -0.15) is 0 Å². The number of hydrogen-bond donors (Lipinski definition) is 1. The first kappa shape index (κ1) is 11.8. The Bertz CT molecular complexity index is 455. The molecule has 0 spiro atoms. The monoisotopic (exact) mass is 292 g/mol. The average Bonchev–Trinajstić information content (AvgIpc) is 2.87. The third-order valence-corrected chi connectivity index (χ3v) is 4.28. The second kappa shape index (κ2) is 4.47. The van der Waals surface area contributed by atoms with Crippen LogP contribution < -0.4 is 5.32 Å². The molecule has 1 aromatic heterocycles. The highest BCUT2D eigenvalue weighted by atomic mass is 35.5. The van der Waals surface area contributed by atoms with E-state index in [-0.39, 0.29) is 17.3 Å². The van der Waals surface area contributed by atoms with Crippen LogP contribution in [0.2, 0.25) is 15.2 Å². The summed E-state index contributed by atoms with van der Waals surface area (Å²) in [4.78, 5) is 4.15. The van der Waals surface area contributed by atoms with E-state index in [1.165, 1.54) is 0 Å². The second-order valence-electron chi connectivity index (χ2n) is 4.45. The van der Waals surface area contributed by atoms with E-state index >= 15 is 0 Å². The average molecular weight is 294 g/mol. The van der Waals surface area contributed by atoms with Crippen LogP contribution >= 0.6 is 34.8 Å². The minimum absolute atomic E-state index is 0.266. The molecule has 3 rings (SSSR count). The summed E-state index contributed by atoms with van der Waals surface area (Å²) in [6, 6.07) is 1.88. The molecule has 3 atom stereocenters. The van der Waals surface area contributed by atoms with E-state index < -0.39 is 0 Å². The fourth-order valence-corrected chi connectivity index (χ4v) is 3.06. The largest absolute Gasteiger partial charge is 0.373 e. The Morgan fingerprint density at radius 2 is 2.06 bits per heavy atom. The number of nitrogens with one attached hydrogen (secondary N) is 1. The molecule has 6 heteroatoms. The first-order valence-electron chi connectivity index (χ1n) is 5.57. The summed E-state index contributed by atoms with van der Waals surface area (Å²) < 4.78 is 5.76. The van der Waals surface area contributed by atoms with Crippen LogP contribution in [0, 0.1) is 0 Å². The number of hydrogen-bond acceptors (Lipinski definition) is 3. The second-order valence-corrected chi connectivity index (χ2v) is 5.62. The molecule has 1 N–H and O–H groups in total. The van der Waals surface area contributed by atoms with Gasteiger partial charge in [-0.25, -0.2) is 4.98 Å². The molecule has 92 valence electrons. The van der Waals surface area contributed by atoms with Crippen molar-refractivity contribution in [2.45, 2.75) is 37.5 Å². The summed E-state index contributed by atoms with van der Waals surface area (Å²) in [6.45, 7) is 0. The van der Waals surface area contributed by atoms with Crippen molar-refractivity contribution in [3.05, 3.63) is 21.3 Å². The Hall–Kier alpha value is -0.220. The standard InChI is InChI=1S/C11H11Cl3N2O/c12-6-4-7(13)11(16-10(6)14)15-8-3-5-1-2-9(8)17-5/h4-5,8-9H,1-3H2,(H,15,16). The number of anilines is 1. The van der Waals surface area contributed by atoms with E-state index in [1.807, 2.05) is 0 Å². The van der Waals surface area contributed by atoms with E-state index in [1.54, 1.807) is 6.07 Å². The number of pyridine rings is 1. The zero-order valence-electron chi connectivity index (χ0n) is 8.92. The number of ether oxygens (including phenoxy) is 1. The van der Waals surface area contributed by atoms with Crippen molar-refractivity contribution in [2.24, 2.45) is 0 Å². The van der Waals surface area contributed by atoms with Gasteiger partial charge in [0.2, 0.25) is 0 Å². The van der Waals surface area contributed by atoms with E-state index in [0.29, 0.717) is 22.0 Å². The molecule has 1 aromatic rings. The third-order valence-electron chi connectivity index (χ3n) is 3.31. The normalized spacial score (nSPS) is 30.9. The molecule has 2 saturated heterocycles. The fourth-order valence-electron chi connectivity index (χ4n) is 2.51. The van der Waals surface area contributed by atoms with Gasteiger partial charge in [-0.3, -0.25) is 0 Å². The predicted molar refractivity (Wildman–Crippen MR) is 69.2 cm³/mol. The molecule has 17 heavy (non-hydrogen) atoms. The lowest BCUT2D eigenvalue weighted by Crippen LogP contribution is -2.30. The first-order valence-corrected chi connectivity index (χ1v) is 6.70. The van der Waals surface area contributed by atoms with Gasteiger partial charge in [-0.1, -0.05) is 34.8 Å². The van der Waals surface area contributed by atoms with E-state index in [0.717, 1.165) is 19.3 Å². The van der Waals surface area contributed by atoms with Gasteiger partial charge in [0, 0.05) is 0 Å². The van der Waals surface area contributed by atoms with Crippen LogP contribution in [0.5, 0.6) is 0 Å². The van der Waals surface area contributed by atoms with Gasteiger partial charge in [0.25, 0.3) is 0 Å². The SMILES string of the molecule is Clc1cc(Cl)c(NC2CC3CCC2O3)nc1Cl. The molecule has 0 aromatic carbocycles. The molecule has 2 aliphatic rings. The Balaban J connectivity index is 1.79. The fraction of sp³-hybridized carbons (Fsp3) is 0.545. The molecule has 3 nitrogen and oxygen atoms in total. The third kappa shape index (κ3) is 2.22. The van der Waals surface area contributed by atoms with Crippen molar-refractivity contribution >= 4 is 40.6 Å². The summed E-state index contributed by atoms with van der Waals surface area (Å²) in [7, 11) is 0. The Kier molecular flexibility index (Phi) is 3.11. The number of aromatic nitrogens is 1. The number of halogens is 3. The number of fused-ring (bicyclic) bond motifs is 2. The topological polar surface area (TPSA) is 34.1 Å². The minimum atomic E-state index is 0.266. The van der Waals surface area contributed by atoms with Crippen LogP contribution in [0.3, 0.4) is 0 Å². The highest BCUT2D eigenvalue weighted by molar-refractivity contribution is 6.42. The van der Waals surface area contributed by atoms with Gasteiger partial charge < -0.3 is 10.1 Å². The molecule has 0 radical (unpaired) electrons. The molecule has 0 amide bonds. The lowest BCUT2D eigenvalue weighted by molar-refractivity contribution is 0.102. The maximum Gasteiger partial charge on any atom is 0.150 e. The Labute approximate surface area is 114 Å². The molecule has 3 unspecified atom stereocenters. The summed E-state index contributed by atoms with van der Waals surface area (Å²) >= 11 is 17.8. The molecule has 0 aliphatic carbocycles. The number of nitrogens with zero attached hydrogens (tertiary/aromatic N) is 1. The zero-order valence-corrected chi connectivity index (χ0v) is 11.2. The molecule has 3 heterocycles. The molecule has 0 saturated carbocycles. The lowest BCUT2D eigenvalue weighted by atomic mass is 9.95. The van der Waals surface area contributed by atoms with Gasteiger partial charge >= 0.3 is 0 Å². The van der Waals surface area contributed by atoms with Crippen LogP contribution in [-0.4, -0.2) is 23.2 Å². The van der Waals surface area contributed by atoms with Crippen molar-refractivity contribution in [3.63, 3.8) is 0 Å². The lowest BCUT2D eigenvalue weighted by Gasteiger charge is -2.21. The molecular weight excluding hydrogens is 282 g/mol. The maximum absolute atomic E-state index is 6.07. The minimum Gasteiger partial charge on any atom is -0.373 e. The van der Waals surface area contributed by atoms with Gasteiger partial charge in [-0.15, -0.1) is 0 Å². The van der Waals surface area contributed by atoms with Crippen molar-refractivity contribution < 1.29 is 4.74 Å². The van der Waals surface area contributed by atoms with Gasteiger partial charge in [0.15, 0.2) is 0 Å². The predicted octanol–water partition coefficient (Wildman–Crippen LogP) is 3.77. The van der Waals surface area contributed by atoms with Crippen molar-refractivity contribution in [1.82, 2.24) is 4.98 Å². The van der Waals surface area contributed by atoms with Crippen LogP contribution in [0.1, 0.15) is 19.3 Å². The first-order chi connectivity index (χ1) is 8.13. The van der Waals surface area contributed by atoms with Gasteiger partial charge in [0.1, 0.15) is 11.0 Å². The Morgan fingerprint density at radius 1 is 1.24 bits per heavy atom. The zero-order chi connectivity index (χ0) is 12.0. The van der Waals surface area contributed by atoms with Crippen LogP contribution in [-0.2, 0) is 4.74 Å². The summed E-state index contributed by atoms with van der Waals surface area (Å²) in [5, 5.41) is 4.42. The highest BCUT2D eigenvalue weighted by Crippen LogP contribution is 2.37.